The monoisotopic (exact) mass is 238 g/mol. The summed E-state index contributed by atoms with van der Waals surface area (Å²) in [5, 5.41) is 4.52. The number of halogens is 1. The van der Waals surface area contributed by atoms with Gasteiger partial charge in [-0.3, -0.25) is 4.98 Å². The maximum atomic E-state index is 5.97. The minimum Gasteiger partial charge on any atom is -0.391 e. The van der Waals surface area contributed by atoms with Crippen LogP contribution in [0, 0.1) is 0 Å². The Hall–Kier alpha value is -1.35. The molecule has 0 saturated heterocycles. The van der Waals surface area contributed by atoms with Gasteiger partial charge in [0.05, 0.1) is 5.02 Å². The average Bonchev–Trinajstić information content (AvgIpc) is 2.29. The molecule has 0 aromatic carbocycles. The molecule has 0 unspecified atom stereocenters. The summed E-state index contributed by atoms with van der Waals surface area (Å²) < 4.78 is 0. The molecular formula is C12H15ClN2O. The maximum Gasteiger partial charge on any atom is 0.138 e. The number of hydrogen-bond acceptors (Lipinski definition) is 3. The molecule has 1 rings (SSSR count). The molecule has 0 bridgehead atoms. The zero-order chi connectivity index (χ0) is 12.0. The zero-order valence-corrected chi connectivity index (χ0v) is 10.3. The van der Waals surface area contributed by atoms with Crippen LogP contribution in [0.2, 0.25) is 5.02 Å². The zero-order valence-electron chi connectivity index (χ0n) is 9.53. The van der Waals surface area contributed by atoms with E-state index in [2.05, 4.69) is 16.7 Å². The highest BCUT2D eigenvalue weighted by atomic mass is 35.5. The molecule has 0 aliphatic rings. The van der Waals surface area contributed by atoms with Crippen molar-refractivity contribution in [1.82, 2.24) is 4.98 Å². The molecule has 86 valence electrons. The van der Waals surface area contributed by atoms with Crippen LogP contribution >= 0.6 is 11.6 Å². The van der Waals surface area contributed by atoms with Crippen LogP contribution in [0.5, 0.6) is 0 Å². The second kappa shape index (κ2) is 6.28. The number of pyridine rings is 1. The topological polar surface area (TPSA) is 34.5 Å². The normalized spacial score (nSPS) is 11.3. The summed E-state index contributed by atoms with van der Waals surface area (Å²) in [5.41, 5.74) is 2.31. The van der Waals surface area contributed by atoms with Crippen molar-refractivity contribution in [2.75, 3.05) is 6.61 Å². The van der Waals surface area contributed by atoms with E-state index in [1.54, 1.807) is 18.3 Å². The van der Waals surface area contributed by atoms with E-state index in [1.165, 1.54) is 0 Å². The van der Waals surface area contributed by atoms with Crippen LogP contribution in [0.25, 0.3) is 0 Å². The van der Waals surface area contributed by atoms with Gasteiger partial charge in [-0.1, -0.05) is 30.3 Å². The molecule has 0 fully saturated rings. The predicted octanol–water partition coefficient (Wildman–Crippen LogP) is 3.44. The number of nitrogens with zero attached hydrogens (tertiary/aromatic N) is 2. The van der Waals surface area contributed by atoms with E-state index < -0.39 is 0 Å². The molecule has 0 atom stereocenters. The fourth-order valence-electron chi connectivity index (χ4n) is 1.02. The summed E-state index contributed by atoms with van der Waals surface area (Å²) >= 11 is 5.97. The summed E-state index contributed by atoms with van der Waals surface area (Å²) in [7, 11) is 0. The van der Waals surface area contributed by atoms with Crippen molar-refractivity contribution in [3.63, 3.8) is 0 Å². The first kappa shape index (κ1) is 12.7. The van der Waals surface area contributed by atoms with Gasteiger partial charge in [-0.05, 0) is 31.1 Å². The molecule has 0 saturated carbocycles. The molecule has 0 aliphatic heterocycles. The highest BCUT2D eigenvalue weighted by Crippen LogP contribution is 2.13. The SMILES string of the molecule is C=C(CC)CON=C(C)c1ncccc1Cl. The average molecular weight is 239 g/mol. The van der Waals surface area contributed by atoms with Crippen LogP contribution in [0.4, 0.5) is 0 Å². The predicted molar refractivity (Wildman–Crippen MR) is 66.8 cm³/mol. The highest BCUT2D eigenvalue weighted by Gasteiger charge is 2.04. The van der Waals surface area contributed by atoms with Gasteiger partial charge in [0.15, 0.2) is 0 Å². The quantitative estimate of drug-likeness (QED) is 0.447. The van der Waals surface area contributed by atoms with E-state index in [0.717, 1.165) is 12.0 Å². The van der Waals surface area contributed by atoms with Crippen LogP contribution < -0.4 is 0 Å². The van der Waals surface area contributed by atoms with Gasteiger partial charge < -0.3 is 4.84 Å². The molecular weight excluding hydrogens is 224 g/mol. The number of rotatable bonds is 5. The van der Waals surface area contributed by atoms with E-state index >= 15 is 0 Å². The Morgan fingerprint density at radius 1 is 1.62 bits per heavy atom. The molecule has 0 N–H and O–H groups in total. The molecule has 0 spiro atoms. The molecule has 0 aliphatic carbocycles. The molecule has 4 heteroatoms. The Kier molecular flexibility index (Phi) is 4.99. The number of oxime groups is 1. The van der Waals surface area contributed by atoms with E-state index in [4.69, 9.17) is 16.4 Å². The largest absolute Gasteiger partial charge is 0.391 e. The smallest absolute Gasteiger partial charge is 0.138 e. The third kappa shape index (κ3) is 3.66. The first-order valence-electron chi connectivity index (χ1n) is 5.09. The number of hydrogen-bond donors (Lipinski definition) is 0. The van der Waals surface area contributed by atoms with Crippen LogP contribution in [-0.4, -0.2) is 17.3 Å². The van der Waals surface area contributed by atoms with Gasteiger partial charge >= 0.3 is 0 Å². The Morgan fingerprint density at radius 3 is 3.00 bits per heavy atom. The van der Waals surface area contributed by atoms with Crippen LogP contribution in [0.15, 0.2) is 35.6 Å². The summed E-state index contributed by atoms with van der Waals surface area (Å²) in [4.78, 5) is 9.28. The van der Waals surface area contributed by atoms with Crippen LogP contribution in [0.3, 0.4) is 0 Å². The second-order valence-corrected chi connectivity index (χ2v) is 3.79. The lowest BCUT2D eigenvalue weighted by Gasteiger charge is -2.03. The number of aromatic nitrogens is 1. The Balaban J connectivity index is 2.64. The molecule has 0 amide bonds. The fourth-order valence-corrected chi connectivity index (χ4v) is 1.28. The van der Waals surface area contributed by atoms with Crippen molar-refractivity contribution >= 4 is 17.3 Å². The molecule has 3 nitrogen and oxygen atoms in total. The molecule has 16 heavy (non-hydrogen) atoms. The lowest BCUT2D eigenvalue weighted by Crippen LogP contribution is -2.01. The van der Waals surface area contributed by atoms with Gasteiger partial charge in [-0.25, -0.2) is 0 Å². The minimum absolute atomic E-state index is 0.429. The van der Waals surface area contributed by atoms with Gasteiger partial charge in [-0.2, -0.15) is 0 Å². The summed E-state index contributed by atoms with van der Waals surface area (Å²) in [5.74, 6) is 0. The van der Waals surface area contributed by atoms with Gasteiger partial charge in [0.1, 0.15) is 18.0 Å². The van der Waals surface area contributed by atoms with E-state index in [-0.39, 0.29) is 0 Å². The van der Waals surface area contributed by atoms with Gasteiger partial charge in [0.2, 0.25) is 0 Å². The van der Waals surface area contributed by atoms with Gasteiger partial charge in [0, 0.05) is 6.20 Å². The highest BCUT2D eigenvalue weighted by molar-refractivity contribution is 6.33. The third-order valence-corrected chi connectivity index (χ3v) is 2.38. The van der Waals surface area contributed by atoms with E-state index in [1.807, 2.05) is 13.8 Å². The van der Waals surface area contributed by atoms with Crippen LogP contribution in [-0.2, 0) is 4.84 Å². The Morgan fingerprint density at radius 2 is 2.38 bits per heavy atom. The summed E-state index contributed by atoms with van der Waals surface area (Å²) in [6, 6.07) is 3.55. The summed E-state index contributed by atoms with van der Waals surface area (Å²) in [6.45, 7) is 8.09. The Labute approximate surface area is 101 Å². The first-order valence-corrected chi connectivity index (χ1v) is 5.47. The van der Waals surface area contributed by atoms with E-state index in [0.29, 0.717) is 23.0 Å². The van der Waals surface area contributed by atoms with Crippen molar-refractivity contribution in [2.45, 2.75) is 20.3 Å². The molecule has 0 radical (unpaired) electrons. The lowest BCUT2D eigenvalue weighted by molar-refractivity contribution is 0.166. The summed E-state index contributed by atoms with van der Waals surface area (Å²) in [6.07, 6.45) is 2.56. The third-order valence-electron chi connectivity index (χ3n) is 2.07. The van der Waals surface area contributed by atoms with Crippen molar-refractivity contribution in [1.29, 1.82) is 0 Å². The fraction of sp³-hybridized carbons (Fsp3) is 0.333. The van der Waals surface area contributed by atoms with Gasteiger partial charge in [0.25, 0.3) is 0 Å². The maximum absolute atomic E-state index is 5.97. The van der Waals surface area contributed by atoms with Crippen molar-refractivity contribution in [3.05, 3.63) is 41.2 Å². The van der Waals surface area contributed by atoms with Crippen molar-refractivity contribution in [3.8, 4) is 0 Å². The first-order chi connectivity index (χ1) is 7.65. The van der Waals surface area contributed by atoms with Crippen molar-refractivity contribution in [2.24, 2.45) is 5.16 Å². The van der Waals surface area contributed by atoms with Crippen LogP contribution in [0.1, 0.15) is 26.0 Å². The van der Waals surface area contributed by atoms with Gasteiger partial charge in [-0.15, -0.1) is 0 Å². The molecule has 1 aromatic heterocycles. The standard InChI is InChI=1S/C12H15ClN2O/c1-4-9(2)8-16-15-10(3)12-11(13)6-5-7-14-12/h5-7H,2,4,8H2,1,3H3. The van der Waals surface area contributed by atoms with E-state index in [9.17, 15) is 0 Å². The lowest BCUT2D eigenvalue weighted by atomic mass is 10.2. The van der Waals surface area contributed by atoms with Crippen molar-refractivity contribution < 1.29 is 4.84 Å². The molecule has 1 aromatic rings. The Bertz CT molecular complexity index is 402. The minimum atomic E-state index is 0.429. The second-order valence-electron chi connectivity index (χ2n) is 3.39. The molecule has 1 heterocycles.